The Kier molecular flexibility index (Phi) is 3.22. The van der Waals surface area contributed by atoms with Crippen molar-refractivity contribution in [2.24, 2.45) is 4.99 Å². The standard InChI is InChI=1S/C17H17N3O/c1-11-17(21)20(2)15-9-8-13(18)10-14(15)16(19-11)12-6-4-3-5-7-12/h3-11H,18H2,1-2H3. The Hall–Kier alpha value is -2.62. The molecule has 1 atom stereocenters. The van der Waals surface area contributed by atoms with Gasteiger partial charge in [0.05, 0.1) is 11.4 Å². The number of anilines is 2. The molecule has 0 radical (unpaired) electrons. The predicted octanol–water partition coefficient (Wildman–Crippen LogP) is 2.47. The molecule has 106 valence electrons. The molecule has 2 aromatic carbocycles. The summed E-state index contributed by atoms with van der Waals surface area (Å²) in [4.78, 5) is 18.6. The summed E-state index contributed by atoms with van der Waals surface area (Å²) in [7, 11) is 1.78. The van der Waals surface area contributed by atoms with Gasteiger partial charge in [-0.1, -0.05) is 30.3 Å². The Balaban J connectivity index is 2.27. The van der Waals surface area contributed by atoms with Gasteiger partial charge in [-0.3, -0.25) is 9.79 Å². The molecular weight excluding hydrogens is 262 g/mol. The number of nitrogens with zero attached hydrogens (tertiary/aromatic N) is 2. The second-order valence-electron chi connectivity index (χ2n) is 5.19. The number of amides is 1. The van der Waals surface area contributed by atoms with Crippen molar-refractivity contribution in [1.29, 1.82) is 0 Å². The highest BCUT2D eigenvalue weighted by Crippen LogP contribution is 2.29. The Morgan fingerprint density at radius 1 is 1.14 bits per heavy atom. The SMILES string of the molecule is CC1N=C(c2ccccc2)c2cc(N)ccc2N(C)C1=O. The molecule has 1 aliphatic rings. The van der Waals surface area contributed by atoms with Crippen molar-refractivity contribution in [3.05, 3.63) is 59.7 Å². The fourth-order valence-corrected chi connectivity index (χ4v) is 2.58. The van der Waals surface area contributed by atoms with Crippen LogP contribution < -0.4 is 10.6 Å². The van der Waals surface area contributed by atoms with Crippen LogP contribution in [0.1, 0.15) is 18.1 Å². The van der Waals surface area contributed by atoms with E-state index in [1.807, 2.05) is 49.4 Å². The normalized spacial score (nSPS) is 18.0. The molecule has 3 rings (SSSR count). The Labute approximate surface area is 123 Å². The van der Waals surface area contributed by atoms with Gasteiger partial charge in [0.25, 0.3) is 5.91 Å². The minimum absolute atomic E-state index is 0.0213. The van der Waals surface area contributed by atoms with E-state index in [1.165, 1.54) is 0 Å². The maximum Gasteiger partial charge on any atom is 0.251 e. The second kappa shape index (κ2) is 5.05. The largest absolute Gasteiger partial charge is 0.399 e. The maximum atomic E-state index is 12.4. The van der Waals surface area contributed by atoms with Crippen LogP contribution in [0.25, 0.3) is 0 Å². The molecule has 0 bridgehead atoms. The van der Waals surface area contributed by atoms with Crippen LogP contribution in [0.5, 0.6) is 0 Å². The third-order valence-electron chi connectivity index (χ3n) is 3.70. The van der Waals surface area contributed by atoms with Crippen molar-refractivity contribution in [2.75, 3.05) is 17.7 Å². The maximum absolute atomic E-state index is 12.4. The van der Waals surface area contributed by atoms with E-state index in [2.05, 4.69) is 4.99 Å². The molecule has 0 saturated heterocycles. The van der Waals surface area contributed by atoms with Crippen LogP contribution in [0.15, 0.2) is 53.5 Å². The summed E-state index contributed by atoms with van der Waals surface area (Å²) in [6.07, 6.45) is 0. The Morgan fingerprint density at radius 2 is 1.86 bits per heavy atom. The van der Waals surface area contributed by atoms with Crippen LogP contribution in [-0.2, 0) is 4.79 Å². The van der Waals surface area contributed by atoms with Crippen molar-refractivity contribution in [3.8, 4) is 0 Å². The fourth-order valence-electron chi connectivity index (χ4n) is 2.58. The molecule has 0 spiro atoms. The molecule has 2 N–H and O–H groups in total. The van der Waals surface area contributed by atoms with Crippen LogP contribution >= 0.6 is 0 Å². The average molecular weight is 279 g/mol. The van der Waals surface area contributed by atoms with Gasteiger partial charge < -0.3 is 10.6 Å². The van der Waals surface area contributed by atoms with E-state index < -0.39 is 6.04 Å². The first-order valence-corrected chi connectivity index (χ1v) is 6.88. The van der Waals surface area contributed by atoms with Crippen LogP contribution in [0.3, 0.4) is 0 Å². The zero-order valence-electron chi connectivity index (χ0n) is 12.1. The van der Waals surface area contributed by atoms with Crippen molar-refractivity contribution in [2.45, 2.75) is 13.0 Å². The van der Waals surface area contributed by atoms with Gasteiger partial charge in [0.1, 0.15) is 6.04 Å². The van der Waals surface area contributed by atoms with Crippen LogP contribution in [-0.4, -0.2) is 24.7 Å². The lowest BCUT2D eigenvalue weighted by Gasteiger charge is -2.19. The lowest BCUT2D eigenvalue weighted by molar-refractivity contribution is -0.119. The molecule has 1 amide bonds. The molecule has 21 heavy (non-hydrogen) atoms. The molecule has 0 aliphatic carbocycles. The molecule has 0 fully saturated rings. The number of hydrogen-bond acceptors (Lipinski definition) is 3. The molecule has 1 unspecified atom stereocenters. The Bertz CT molecular complexity index is 722. The first kappa shape index (κ1) is 13.4. The van der Waals surface area contributed by atoms with E-state index in [9.17, 15) is 4.79 Å². The van der Waals surface area contributed by atoms with E-state index in [0.717, 1.165) is 22.5 Å². The monoisotopic (exact) mass is 279 g/mol. The number of aliphatic imine (C=N–C) groups is 1. The number of carbonyl (C=O) groups excluding carboxylic acids is 1. The minimum Gasteiger partial charge on any atom is -0.399 e. The lowest BCUT2D eigenvalue weighted by Crippen LogP contribution is -2.32. The molecule has 0 saturated carbocycles. The molecule has 1 heterocycles. The molecule has 4 heteroatoms. The Morgan fingerprint density at radius 3 is 2.57 bits per heavy atom. The number of nitrogen functional groups attached to an aromatic ring is 1. The molecule has 1 aliphatic heterocycles. The van der Waals surface area contributed by atoms with Gasteiger partial charge >= 0.3 is 0 Å². The van der Waals surface area contributed by atoms with Gasteiger partial charge in [-0.15, -0.1) is 0 Å². The zero-order chi connectivity index (χ0) is 15.0. The first-order valence-electron chi connectivity index (χ1n) is 6.88. The van der Waals surface area contributed by atoms with Crippen LogP contribution in [0.4, 0.5) is 11.4 Å². The number of nitrogens with two attached hydrogens (primary N) is 1. The van der Waals surface area contributed by atoms with Gasteiger partial charge in [-0.05, 0) is 25.1 Å². The fraction of sp³-hybridized carbons (Fsp3) is 0.176. The van der Waals surface area contributed by atoms with Crippen molar-refractivity contribution in [3.63, 3.8) is 0 Å². The summed E-state index contributed by atoms with van der Waals surface area (Å²) in [5.74, 6) is -0.0213. The quantitative estimate of drug-likeness (QED) is 0.815. The first-order chi connectivity index (χ1) is 10.1. The van der Waals surface area contributed by atoms with Crippen LogP contribution in [0.2, 0.25) is 0 Å². The number of benzene rings is 2. The van der Waals surface area contributed by atoms with Crippen molar-refractivity contribution in [1.82, 2.24) is 0 Å². The number of carbonyl (C=O) groups is 1. The van der Waals surface area contributed by atoms with Crippen molar-refractivity contribution < 1.29 is 4.79 Å². The topological polar surface area (TPSA) is 58.7 Å². The summed E-state index contributed by atoms with van der Waals surface area (Å²) in [5, 5.41) is 0. The second-order valence-corrected chi connectivity index (χ2v) is 5.19. The average Bonchev–Trinajstić information content (AvgIpc) is 2.59. The highest BCUT2D eigenvalue weighted by Gasteiger charge is 2.27. The molecular formula is C17H17N3O. The smallest absolute Gasteiger partial charge is 0.251 e. The minimum atomic E-state index is -0.418. The van der Waals surface area contributed by atoms with Gasteiger partial charge in [-0.25, -0.2) is 0 Å². The zero-order valence-corrected chi connectivity index (χ0v) is 12.1. The van der Waals surface area contributed by atoms with E-state index in [1.54, 1.807) is 18.0 Å². The number of fused-ring (bicyclic) bond motifs is 1. The van der Waals surface area contributed by atoms with Gasteiger partial charge in [0.2, 0.25) is 0 Å². The van der Waals surface area contributed by atoms with E-state index >= 15 is 0 Å². The number of rotatable bonds is 1. The van der Waals surface area contributed by atoms with Gasteiger partial charge in [0.15, 0.2) is 0 Å². The van der Waals surface area contributed by atoms with Gasteiger partial charge in [-0.2, -0.15) is 0 Å². The lowest BCUT2D eigenvalue weighted by atomic mass is 10.00. The summed E-state index contributed by atoms with van der Waals surface area (Å²) < 4.78 is 0. The predicted molar refractivity (Wildman–Crippen MR) is 85.8 cm³/mol. The third-order valence-corrected chi connectivity index (χ3v) is 3.70. The van der Waals surface area contributed by atoms with Gasteiger partial charge in [0, 0.05) is 23.9 Å². The highest BCUT2D eigenvalue weighted by atomic mass is 16.2. The highest BCUT2D eigenvalue weighted by molar-refractivity contribution is 6.20. The molecule has 4 nitrogen and oxygen atoms in total. The number of benzodiazepines with no additional fused rings is 1. The summed E-state index contributed by atoms with van der Waals surface area (Å²) in [6.45, 7) is 1.82. The van der Waals surface area contributed by atoms with Crippen LogP contribution in [0, 0.1) is 0 Å². The molecule has 0 aromatic heterocycles. The summed E-state index contributed by atoms with van der Waals surface area (Å²) >= 11 is 0. The van der Waals surface area contributed by atoms with E-state index in [4.69, 9.17) is 5.73 Å². The molecule has 2 aromatic rings. The van der Waals surface area contributed by atoms with E-state index in [0.29, 0.717) is 5.69 Å². The summed E-state index contributed by atoms with van der Waals surface area (Å²) in [5.41, 5.74) is 10.1. The third kappa shape index (κ3) is 2.29. The van der Waals surface area contributed by atoms with Crippen molar-refractivity contribution >= 4 is 23.0 Å². The summed E-state index contributed by atoms with van der Waals surface area (Å²) in [6, 6.07) is 15.0. The number of hydrogen-bond donors (Lipinski definition) is 1. The van der Waals surface area contributed by atoms with E-state index in [-0.39, 0.29) is 5.91 Å². The number of likely N-dealkylation sites (N-methyl/N-ethyl adjacent to an activating group) is 1.